The number of halogens is 3. The van der Waals surface area contributed by atoms with E-state index in [-0.39, 0.29) is 5.97 Å². The fourth-order valence-electron chi connectivity index (χ4n) is 2.25. The summed E-state index contributed by atoms with van der Waals surface area (Å²) in [6.45, 7) is 3.88. The molecule has 0 N–H and O–H groups in total. The van der Waals surface area contributed by atoms with Gasteiger partial charge in [0.05, 0.1) is 6.61 Å². The third kappa shape index (κ3) is 18.3. The Kier molecular flexibility index (Phi) is 15.1. The van der Waals surface area contributed by atoms with Gasteiger partial charge in [-0.25, -0.2) is 4.79 Å². The minimum absolute atomic E-state index is 0.323. The SMILES string of the molecule is C=CC(=O)OCCCCCCCCCCCCC[Si](Cl)(Cl)Cl. The minimum Gasteiger partial charge on any atom is -0.463 e. The number of ether oxygens (including phenoxy) is 1. The van der Waals surface area contributed by atoms with Crippen molar-refractivity contribution < 1.29 is 9.53 Å². The van der Waals surface area contributed by atoms with Crippen LogP contribution in [0.2, 0.25) is 6.04 Å². The highest BCUT2D eigenvalue weighted by atomic mass is 35.8. The molecule has 0 bridgehead atoms. The molecule has 0 amide bonds. The Hall–Kier alpha value is 0.297. The van der Waals surface area contributed by atoms with Crippen LogP contribution in [-0.4, -0.2) is 18.6 Å². The standard InChI is InChI=1S/C16H29Cl3O2Si/c1-2-16(20)21-14-12-10-8-6-4-3-5-7-9-11-13-15-22(17,18)19/h2H,1,3-15H2. The molecule has 0 rings (SSSR count). The zero-order valence-electron chi connectivity index (χ0n) is 13.4. The van der Waals surface area contributed by atoms with Gasteiger partial charge in [0.2, 0.25) is 0 Å². The van der Waals surface area contributed by atoms with Crippen LogP contribution in [0.4, 0.5) is 0 Å². The molecule has 0 aromatic carbocycles. The number of carbonyl (C=O) groups is 1. The zero-order valence-corrected chi connectivity index (χ0v) is 16.7. The lowest BCUT2D eigenvalue weighted by atomic mass is 10.1. The Morgan fingerprint density at radius 3 is 1.64 bits per heavy atom. The van der Waals surface area contributed by atoms with E-state index < -0.39 is 6.00 Å². The number of hydrogen-bond acceptors (Lipinski definition) is 2. The van der Waals surface area contributed by atoms with Crippen molar-refractivity contribution in [2.75, 3.05) is 6.61 Å². The van der Waals surface area contributed by atoms with Crippen LogP contribution in [0.1, 0.15) is 70.6 Å². The van der Waals surface area contributed by atoms with E-state index in [9.17, 15) is 4.79 Å². The highest BCUT2D eigenvalue weighted by molar-refractivity contribution is 7.64. The molecule has 2 nitrogen and oxygen atoms in total. The molecular formula is C16H29Cl3O2Si. The molecule has 0 unspecified atom stereocenters. The Balaban J connectivity index is 3.09. The lowest BCUT2D eigenvalue weighted by Gasteiger charge is -2.07. The summed E-state index contributed by atoms with van der Waals surface area (Å²) in [5.74, 6) is -0.323. The summed E-state index contributed by atoms with van der Waals surface area (Å²) in [6.07, 6.45) is 14.5. The fourth-order valence-corrected chi connectivity index (χ4v) is 4.10. The average Bonchev–Trinajstić information content (AvgIpc) is 2.46. The molecular weight excluding hydrogens is 359 g/mol. The van der Waals surface area contributed by atoms with Crippen LogP contribution in [0.5, 0.6) is 0 Å². The molecule has 6 heteroatoms. The van der Waals surface area contributed by atoms with Gasteiger partial charge in [-0.05, 0) is 12.5 Å². The van der Waals surface area contributed by atoms with Crippen LogP contribution in [0.15, 0.2) is 12.7 Å². The second-order valence-corrected chi connectivity index (χ2v) is 14.9. The summed E-state index contributed by atoms with van der Waals surface area (Å²) in [6, 6.07) is -1.59. The smallest absolute Gasteiger partial charge is 0.341 e. The van der Waals surface area contributed by atoms with Crippen molar-refractivity contribution in [2.45, 2.75) is 76.7 Å². The number of carbonyl (C=O) groups excluding carboxylic acids is 1. The number of esters is 1. The van der Waals surface area contributed by atoms with Crippen LogP contribution in [0.3, 0.4) is 0 Å². The normalized spacial score (nSPS) is 11.4. The molecule has 0 aliphatic heterocycles. The van der Waals surface area contributed by atoms with Crippen molar-refractivity contribution in [1.82, 2.24) is 0 Å². The highest BCUT2D eigenvalue weighted by Crippen LogP contribution is 2.27. The van der Waals surface area contributed by atoms with Gasteiger partial charge in [-0.1, -0.05) is 70.8 Å². The van der Waals surface area contributed by atoms with Crippen molar-refractivity contribution in [1.29, 1.82) is 0 Å². The lowest BCUT2D eigenvalue weighted by Crippen LogP contribution is -2.07. The molecule has 0 atom stereocenters. The first kappa shape index (κ1) is 22.3. The third-order valence-electron chi connectivity index (χ3n) is 3.52. The van der Waals surface area contributed by atoms with E-state index in [0.29, 0.717) is 6.61 Å². The van der Waals surface area contributed by atoms with Gasteiger partial charge < -0.3 is 4.74 Å². The molecule has 0 saturated heterocycles. The topological polar surface area (TPSA) is 26.3 Å². The maximum Gasteiger partial charge on any atom is 0.341 e. The lowest BCUT2D eigenvalue weighted by molar-refractivity contribution is -0.137. The average molecular weight is 388 g/mol. The molecule has 22 heavy (non-hydrogen) atoms. The Morgan fingerprint density at radius 1 is 0.818 bits per heavy atom. The van der Waals surface area contributed by atoms with E-state index in [1.54, 1.807) is 0 Å². The minimum atomic E-state index is -2.38. The largest absolute Gasteiger partial charge is 0.463 e. The van der Waals surface area contributed by atoms with Crippen LogP contribution in [0, 0.1) is 0 Å². The molecule has 0 saturated carbocycles. The molecule has 0 fully saturated rings. The highest BCUT2D eigenvalue weighted by Gasteiger charge is 2.23. The summed E-state index contributed by atoms with van der Waals surface area (Å²) < 4.78 is 4.92. The summed E-state index contributed by atoms with van der Waals surface area (Å²) in [5.41, 5.74) is 0. The van der Waals surface area contributed by atoms with Gasteiger partial charge in [-0.15, -0.1) is 33.2 Å². The van der Waals surface area contributed by atoms with Gasteiger partial charge in [0.25, 0.3) is 0 Å². The molecule has 130 valence electrons. The summed E-state index contributed by atoms with van der Waals surface area (Å²) >= 11 is 17.5. The van der Waals surface area contributed by atoms with Crippen molar-refractivity contribution in [3.05, 3.63) is 12.7 Å². The first-order chi connectivity index (χ1) is 10.5. The Morgan fingerprint density at radius 2 is 1.23 bits per heavy atom. The van der Waals surface area contributed by atoms with Gasteiger partial charge in [-0.2, -0.15) is 0 Å². The first-order valence-corrected chi connectivity index (χ1v) is 13.6. The molecule has 0 heterocycles. The molecule has 0 spiro atoms. The van der Waals surface area contributed by atoms with Crippen molar-refractivity contribution >= 4 is 45.2 Å². The van der Waals surface area contributed by atoms with Crippen molar-refractivity contribution in [3.8, 4) is 0 Å². The second-order valence-electron chi connectivity index (χ2n) is 5.63. The maximum absolute atomic E-state index is 10.8. The van der Waals surface area contributed by atoms with E-state index in [4.69, 9.17) is 38.0 Å². The third-order valence-corrected chi connectivity index (χ3v) is 6.14. The van der Waals surface area contributed by atoms with E-state index in [1.165, 1.54) is 57.4 Å². The molecule has 0 aromatic rings. The summed E-state index contributed by atoms with van der Waals surface area (Å²) in [7, 11) is 0. The number of hydrogen-bond donors (Lipinski definition) is 0. The first-order valence-electron chi connectivity index (χ1n) is 8.31. The second kappa shape index (κ2) is 14.9. The van der Waals surface area contributed by atoms with Gasteiger partial charge in [0, 0.05) is 6.08 Å². The predicted molar refractivity (Wildman–Crippen MR) is 100 cm³/mol. The Labute approximate surface area is 150 Å². The van der Waals surface area contributed by atoms with Crippen LogP contribution < -0.4 is 0 Å². The molecule has 0 aliphatic carbocycles. The van der Waals surface area contributed by atoms with Crippen LogP contribution in [0.25, 0.3) is 0 Å². The van der Waals surface area contributed by atoms with Gasteiger partial charge >= 0.3 is 12.0 Å². The molecule has 0 radical (unpaired) electrons. The van der Waals surface area contributed by atoms with E-state index in [0.717, 1.165) is 25.3 Å². The number of unbranched alkanes of at least 4 members (excludes halogenated alkanes) is 10. The monoisotopic (exact) mass is 386 g/mol. The predicted octanol–water partition coefficient (Wildman–Crippen LogP) is 6.66. The van der Waals surface area contributed by atoms with Gasteiger partial charge in [-0.3, -0.25) is 0 Å². The fraction of sp³-hybridized carbons (Fsp3) is 0.812. The van der Waals surface area contributed by atoms with Crippen molar-refractivity contribution in [3.63, 3.8) is 0 Å². The van der Waals surface area contributed by atoms with Crippen LogP contribution in [-0.2, 0) is 9.53 Å². The maximum atomic E-state index is 10.8. The summed E-state index contributed by atoms with van der Waals surface area (Å²) in [4.78, 5) is 10.8. The quantitative estimate of drug-likeness (QED) is 0.103. The Bertz CT molecular complexity index is 294. The van der Waals surface area contributed by atoms with Crippen molar-refractivity contribution in [2.24, 2.45) is 0 Å². The number of rotatable bonds is 15. The van der Waals surface area contributed by atoms with E-state index in [1.807, 2.05) is 0 Å². The summed E-state index contributed by atoms with van der Waals surface area (Å²) in [5, 5.41) is 0. The molecule has 0 aromatic heterocycles. The zero-order chi connectivity index (χ0) is 16.7. The van der Waals surface area contributed by atoms with Gasteiger partial charge in [0.1, 0.15) is 0 Å². The van der Waals surface area contributed by atoms with E-state index in [2.05, 4.69) is 6.58 Å². The van der Waals surface area contributed by atoms with Gasteiger partial charge in [0.15, 0.2) is 0 Å². The van der Waals surface area contributed by atoms with Crippen LogP contribution >= 0.6 is 33.2 Å². The van der Waals surface area contributed by atoms with E-state index >= 15 is 0 Å². The molecule has 0 aliphatic rings.